The molecule has 0 aliphatic heterocycles. The highest BCUT2D eigenvalue weighted by molar-refractivity contribution is 14.1. The van der Waals surface area contributed by atoms with Gasteiger partial charge in [0.25, 0.3) is 0 Å². The lowest BCUT2D eigenvalue weighted by Crippen LogP contribution is -2.17. The van der Waals surface area contributed by atoms with Crippen molar-refractivity contribution in [2.24, 2.45) is 5.73 Å². The van der Waals surface area contributed by atoms with Crippen LogP contribution in [0, 0.1) is 0 Å². The largest absolute Gasteiger partial charge is 0.480 e. The van der Waals surface area contributed by atoms with Gasteiger partial charge in [-0.3, -0.25) is 9.59 Å². The van der Waals surface area contributed by atoms with Crippen LogP contribution in [0.25, 0.3) is 0 Å². The molecule has 0 rings (SSSR count). The van der Waals surface area contributed by atoms with Crippen LogP contribution in [0.1, 0.15) is 12.8 Å². The third-order valence-electron chi connectivity index (χ3n) is 0.912. The number of amides is 1. The Morgan fingerprint density at radius 3 is 2.40 bits per heavy atom. The van der Waals surface area contributed by atoms with Crippen LogP contribution in [0.5, 0.6) is 0 Å². The normalized spacial score (nSPS) is 12.5. The average molecular weight is 257 g/mol. The van der Waals surface area contributed by atoms with E-state index in [0.717, 1.165) is 0 Å². The van der Waals surface area contributed by atoms with Gasteiger partial charge in [-0.15, -0.1) is 0 Å². The number of halogens is 1. The highest BCUT2D eigenvalue weighted by Gasteiger charge is 2.12. The number of primary amides is 1. The van der Waals surface area contributed by atoms with Crippen molar-refractivity contribution < 1.29 is 14.7 Å². The number of carbonyl (C=O) groups excluding carboxylic acids is 1. The highest BCUT2D eigenvalue weighted by atomic mass is 127. The van der Waals surface area contributed by atoms with Gasteiger partial charge in [0.2, 0.25) is 5.91 Å². The van der Waals surface area contributed by atoms with Gasteiger partial charge in [-0.05, 0) is 6.42 Å². The number of aliphatic carboxylic acids is 1. The minimum absolute atomic E-state index is 0.139. The second-order valence-electron chi connectivity index (χ2n) is 1.81. The van der Waals surface area contributed by atoms with E-state index in [1.807, 2.05) is 0 Å². The number of alkyl halides is 1. The molecule has 1 atom stereocenters. The average Bonchev–Trinajstić information content (AvgIpc) is 1.82. The molecule has 4 nitrogen and oxygen atoms in total. The lowest BCUT2D eigenvalue weighted by molar-refractivity contribution is -0.136. The number of hydrogen-bond acceptors (Lipinski definition) is 2. The van der Waals surface area contributed by atoms with Crippen LogP contribution in [0.15, 0.2) is 0 Å². The Balaban J connectivity index is 3.49. The third-order valence-corrected chi connectivity index (χ3v) is 2.07. The van der Waals surface area contributed by atoms with Gasteiger partial charge in [0.05, 0.1) is 0 Å². The van der Waals surface area contributed by atoms with Gasteiger partial charge in [0.1, 0.15) is 3.92 Å². The van der Waals surface area contributed by atoms with Gasteiger partial charge in [0.15, 0.2) is 0 Å². The Labute approximate surface area is 71.9 Å². The standard InChI is InChI=1S/C5H8INO3/c6-3(5(9)10)1-2-4(7)8/h3H,1-2H2,(H2,7,8)(H,9,10)/t3-/m0/s1. The maximum Gasteiger partial charge on any atom is 0.316 e. The van der Waals surface area contributed by atoms with Gasteiger partial charge in [-0.2, -0.15) is 0 Å². The maximum absolute atomic E-state index is 10.2. The fourth-order valence-corrected chi connectivity index (χ4v) is 0.704. The first-order chi connectivity index (χ1) is 4.54. The van der Waals surface area contributed by atoms with Crippen LogP contribution in [-0.4, -0.2) is 20.9 Å². The summed E-state index contributed by atoms with van der Waals surface area (Å²) in [6.45, 7) is 0. The van der Waals surface area contributed by atoms with Crippen LogP contribution in [-0.2, 0) is 9.59 Å². The molecule has 0 saturated heterocycles. The van der Waals surface area contributed by atoms with Crippen molar-refractivity contribution in [3.8, 4) is 0 Å². The van der Waals surface area contributed by atoms with Gasteiger partial charge in [-0.1, -0.05) is 22.6 Å². The Hall–Kier alpha value is -0.330. The van der Waals surface area contributed by atoms with Crippen LogP contribution in [0.4, 0.5) is 0 Å². The lowest BCUT2D eigenvalue weighted by atomic mass is 10.2. The summed E-state index contributed by atoms with van der Waals surface area (Å²) < 4.78 is -0.509. The van der Waals surface area contributed by atoms with E-state index in [1.54, 1.807) is 22.6 Å². The Bertz CT molecular complexity index is 148. The molecule has 0 fully saturated rings. The Morgan fingerprint density at radius 2 is 2.10 bits per heavy atom. The van der Waals surface area contributed by atoms with Crippen molar-refractivity contribution in [3.63, 3.8) is 0 Å². The van der Waals surface area contributed by atoms with Crippen molar-refractivity contribution >= 4 is 34.5 Å². The molecule has 58 valence electrons. The molecule has 0 aromatic rings. The van der Waals surface area contributed by atoms with Crippen molar-refractivity contribution in [2.45, 2.75) is 16.8 Å². The van der Waals surface area contributed by atoms with E-state index in [4.69, 9.17) is 10.8 Å². The molecule has 0 bridgehead atoms. The minimum atomic E-state index is -0.901. The molecule has 0 spiro atoms. The summed E-state index contributed by atoms with van der Waals surface area (Å²) in [6, 6.07) is 0. The van der Waals surface area contributed by atoms with Crippen LogP contribution >= 0.6 is 22.6 Å². The van der Waals surface area contributed by atoms with Gasteiger partial charge in [0, 0.05) is 6.42 Å². The molecule has 0 unspecified atom stereocenters. The summed E-state index contributed by atoms with van der Waals surface area (Å²) in [7, 11) is 0. The number of carboxylic acid groups (broad SMARTS) is 1. The summed E-state index contributed by atoms with van der Waals surface area (Å²) in [6.07, 6.45) is 0.450. The fourth-order valence-electron chi connectivity index (χ4n) is 0.392. The van der Waals surface area contributed by atoms with Crippen LogP contribution in [0.3, 0.4) is 0 Å². The maximum atomic E-state index is 10.2. The number of carbonyl (C=O) groups is 2. The Morgan fingerprint density at radius 1 is 1.60 bits per heavy atom. The summed E-state index contributed by atoms with van der Waals surface area (Å²) in [4.78, 5) is 20.3. The number of rotatable bonds is 4. The molecule has 0 aliphatic carbocycles. The van der Waals surface area contributed by atoms with Crippen molar-refractivity contribution in [1.82, 2.24) is 0 Å². The predicted molar refractivity (Wildman–Crippen MR) is 43.9 cm³/mol. The van der Waals surface area contributed by atoms with E-state index in [9.17, 15) is 9.59 Å². The molecular formula is C5H8INO3. The van der Waals surface area contributed by atoms with E-state index < -0.39 is 15.8 Å². The first-order valence-electron chi connectivity index (χ1n) is 2.69. The van der Waals surface area contributed by atoms with E-state index in [0.29, 0.717) is 6.42 Å². The van der Waals surface area contributed by atoms with Crippen molar-refractivity contribution in [2.75, 3.05) is 0 Å². The quantitative estimate of drug-likeness (QED) is 0.555. The first-order valence-corrected chi connectivity index (χ1v) is 3.93. The van der Waals surface area contributed by atoms with Gasteiger partial charge >= 0.3 is 5.97 Å². The lowest BCUT2D eigenvalue weighted by Gasteiger charge is -1.99. The highest BCUT2D eigenvalue weighted by Crippen LogP contribution is 2.07. The zero-order valence-electron chi connectivity index (χ0n) is 5.21. The molecule has 3 N–H and O–H groups in total. The van der Waals surface area contributed by atoms with E-state index in [1.165, 1.54) is 0 Å². The zero-order chi connectivity index (χ0) is 8.15. The smallest absolute Gasteiger partial charge is 0.316 e. The van der Waals surface area contributed by atoms with Crippen LogP contribution in [0.2, 0.25) is 0 Å². The molecule has 0 radical (unpaired) electrons. The number of nitrogens with two attached hydrogens (primary N) is 1. The molecular weight excluding hydrogens is 249 g/mol. The third kappa shape index (κ3) is 4.54. The van der Waals surface area contributed by atoms with Crippen molar-refractivity contribution in [3.05, 3.63) is 0 Å². The summed E-state index contributed by atoms with van der Waals surface area (Å²) in [5.41, 5.74) is 4.81. The van der Waals surface area contributed by atoms with E-state index >= 15 is 0 Å². The second-order valence-corrected chi connectivity index (χ2v) is 3.31. The molecule has 5 heteroatoms. The molecule has 10 heavy (non-hydrogen) atoms. The van der Waals surface area contributed by atoms with Crippen molar-refractivity contribution in [1.29, 1.82) is 0 Å². The Kier molecular flexibility index (Phi) is 4.33. The summed E-state index contributed by atoms with van der Waals surface area (Å²) >= 11 is 1.76. The molecule has 0 aliphatic rings. The monoisotopic (exact) mass is 257 g/mol. The fraction of sp³-hybridized carbons (Fsp3) is 0.600. The van der Waals surface area contributed by atoms with Gasteiger partial charge in [-0.25, -0.2) is 0 Å². The predicted octanol–water partition coefficient (Wildman–Crippen LogP) is 0.140. The molecule has 0 aromatic heterocycles. The molecule has 0 aromatic carbocycles. The van der Waals surface area contributed by atoms with Gasteiger partial charge < -0.3 is 10.8 Å². The summed E-state index contributed by atoms with van der Waals surface area (Å²) in [5.74, 6) is -1.36. The number of hydrogen-bond donors (Lipinski definition) is 2. The zero-order valence-corrected chi connectivity index (χ0v) is 7.37. The first kappa shape index (κ1) is 9.67. The molecule has 1 amide bonds. The summed E-state index contributed by atoms with van der Waals surface area (Å²) in [5, 5.41) is 8.34. The van der Waals surface area contributed by atoms with E-state index in [-0.39, 0.29) is 6.42 Å². The minimum Gasteiger partial charge on any atom is -0.480 e. The molecule has 0 saturated carbocycles. The number of carboxylic acids is 1. The van der Waals surface area contributed by atoms with Crippen LogP contribution < -0.4 is 5.73 Å². The SMILES string of the molecule is NC(=O)CC[C@H](I)C(=O)O. The molecule has 0 heterocycles. The van der Waals surface area contributed by atoms with E-state index in [2.05, 4.69) is 0 Å². The second kappa shape index (κ2) is 4.48. The topological polar surface area (TPSA) is 80.4 Å².